The van der Waals surface area contributed by atoms with Crippen molar-refractivity contribution in [1.82, 2.24) is 5.32 Å². The zero-order chi connectivity index (χ0) is 14.1. The summed E-state index contributed by atoms with van der Waals surface area (Å²) in [4.78, 5) is 0. The van der Waals surface area contributed by atoms with Crippen molar-refractivity contribution in [2.75, 3.05) is 6.54 Å². The van der Waals surface area contributed by atoms with E-state index in [0.29, 0.717) is 12.0 Å². The number of aryl methyl sites for hydroxylation is 1. The van der Waals surface area contributed by atoms with Gasteiger partial charge in [-0.05, 0) is 80.2 Å². The molecule has 0 radical (unpaired) electrons. The topological polar surface area (TPSA) is 12.0 Å². The highest BCUT2D eigenvalue weighted by Gasteiger charge is 2.43. The third kappa shape index (κ3) is 2.63. The van der Waals surface area contributed by atoms with Crippen molar-refractivity contribution in [3.63, 3.8) is 0 Å². The molecule has 2 fully saturated rings. The molecular formula is C18H26FN. The van der Waals surface area contributed by atoms with Crippen LogP contribution in [0, 0.1) is 30.5 Å². The highest BCUT2D eigenvalue weighted by Crippen LogP contribution is 2.52. The molecule has 0 saturated heterocycles. The van der Waals surface area contributed by atoms with Crippen LogP contribution in [0.25, 0.3) is 0 Å². The second kappa shape index (κ2) is 5.85. The first-order valence-electron chi connectivity index (χ1n) is 8.18. The standard InChI is InChI=1S/C18H26FN/c1-3-8-20-18(16-11-15(19)7-4-12(16)2)17-10-13-5-6-14(17)9-13/h4,7,11,13-14,17-18,20H,3,5-6,8-10H2,1-2H3. The van der Waals surface area contributed by atoms with E-state index >= 15 is 0 Å². The van der Waals surface area contributed by atoms with Gasteiger partial charge in [-0.15, -0.1) is 0 Å². The van der Waals surface area contributed by atoms with Crippen LogP contribution in [0.3, 0.4) is 0 Å². The number of fused-ring (bicyclic) bond motifs is 2. The average Bonchev–Trinajstić information content (AvgIpc) is 3.05. The fraction of sp³-hybridized carbons (Fsp3) is 0.667. The molecule has 1 N–H and O–H groups in total. The lowest BCUT2D eigenvalue weighted by Gasteiger charge is -2.32. The lowest BCUT2D eigenvalue weighted by molar-refractivity contribution is 0.250. The minimum atomic E-state index is -0.0999. The summed E-state index contributed by atoms with van der Waals surface area (Å²) in [6.45, 7) is 5.33. The maximum Gasteiger partial charge on any atom is 0.123 e. The van der Waals surface area contributed by atoms with Gasteiger partial charge in [0.2, 0.25) is 0 Å². The maximum absolute atomic E-state index is 13.7. The molecule has 4 unspecified atom stereocenters. The molecule has 1 aromatic rings. The summed E-state index contributed by atoms with van der Waals surface area (Å²) >= 11 is 0. The predicted octanol–water partition coefficient (Wildman–Crippen LogP) is 4.61. The Morgan fingerprint density at radius 2 is 2.15 bits per heavy atom. The Kier molecular flexibility index (Phi) is 4.11. The Hall–Kier alpha value is -0.890. The van der Waals surface area contributed by atoms with E-state index in [-0.39, 0.29) is 5.82 Å². The Morgan fingerprint density at radius 3 is 2.80 bits per heavy atom. The molecule has 0 spiro atoms. The van der Waals surface area contributed by atoms with Gasteiger partial charge < -0.3 is 5.32 Å². The van der Waals surface area contributed by atoms with Crippen LogP contribution in [-0.2, 0) is 0 Å². The summed E-state index contributed by atoms with van der Waals surface area (Å²) in [5.74, 6) is 2.40. The summed E-state index contributed by atoms with van der Waals surface area (Å²) in [5.41, 5.74) is 2.42. The number of rotatable bonds is 5. The SMILES string of the molecule is CCCNC(c1cc(F)ccc1C)C1CC2CCC1C2. The van der Waals surface area contributed by atoms with E-state index in [4.69, 9.17) is 0 Å². The smallest absolute Gasteiger partial charge is 0.123 e. The zero-order valence-electron chi connectivity index (χ0n) is 12.7. The number of benzene rings is 1. The van der Waals surface area contributed by atoms with Gasteiger partial charge in [0.25, 0.3) is 0 Å². The highest BCUT2D eigenvalue weighted by molar-refractivity contribution is 5.30. The Bertz CT molecular complexity index is 470. The number of hydrogen-bond acceptors (Lipinski definition) is 1. The van der Waals surface area contributed by atoms with Crippen LogP contribution in [-0.4, -0.2) is 6.54 Å². The summed E-state index contributed by atoms with van der Waals surface area (Å²) in [6.07, 6.45) is 6.68. The van der Waals surface area contributed by atoms with Crippen LogP contribution in [0.2, 0.25) is 0 Å². The van der Waals surface area contributed by atoms with E-state index in [1.807, 2.05) is 6.07 Å². The van der Waals surface area contributed by atoms with E-state index in [1.54, 1.807) is 12.1 Å². The van der Waals surface area contributed by atoms with Gasteiger partial charge >= 0.3 is 0 Å². The number of nitrogens with one attached hydrogen (secondary N) is 1. The third-order valence-electron chi connectivity index (χ3n) is 5.41. The number of halogens is 1. The van der Waals surface area contributed by atoms with Crippen LogP contribution in [0.5, 0.6) is 0 Å². The van der Waals surface area contributed by atoms with Crippen LogP contribution >= 0.6 is 0 Å². The molecule has 1 aromatic carbocycles. The first-order chi connectivity index (χ1) is 9.69. The van der Waals surface area contributed by atoms with E-state index in [9.17, 15) is 4.39 Å². The lowest BCUT2D eigenvalue weighted by atomic mass is 9.79. The van der Waals surface area contributed by atoms with Gasteiger partial charge in [-0.2, -0.15) is 0 Å². The van der Waals surface area contributed by atoms with Gasteiger partial charge in [0.15, 0.2) is 0 Å². The molecule has 2 bridgehead atoms. The average molecular weight is 275 g/mol. The molecule has 0 aromatic heterocycles. The first-order valence-corrected chi connectivity index (χ1v) is 8.18. The predicted molar refractivity (Wildman–Crippen MR) is 81.1 cm³/mol. The fourth-order valence-corrected chi connectivity index (χ4v) is 4.44. The minimum Gasteiger partial charge on any atom is -0.310 e. The van der Waals surface area contributed by atoms with E-state index in [2.05, 4.69) is 19.2 Å². The minimum absolute atomic E-state index is 0.0999. The molecule has 2 aliphatic carbocycles. The Labute approximate surface area is 122 Å². The lowest BCUT2D eigenvalue weighted by Crippen LogP contribution is -2.32. The summed E-state index contributed by atoms with van der Waals surface area (Å²) < 4.78 is 13.7. The molecular weight excluding hydrogens is 249 g/mol. The second-order valence-electron chi connectivity index (χ2n) is 6.77. The summed E-state index contributed by atoms with van der Waals surface area (Å²) in [6, 6.07) is 5.62. The zero-order valence-corrected chi connectivity index (χ0v) is 12.7. The van der Waals surface area contributed by atoms with Crippen molar-refractivity contribution in [3.8, 4) is 0 Å². The highest BCUT2D eigenvalue weighted by atomic mass is 19.1. The molecule has 2 saturated carbocycles. The molecule has 3 rings (SSSR count). The second-order valence-corrected chi connectivity index (χ2v) is 6.77. The van der Waals surface area contributed by atoms with Crippen molar-refractivity contribution in [3.05, 3.63) is 35.1 Å². The van der Waals surface area contributed by atoms with E-state index < -0.39 is 0 Å². The molecule has 4 atom stereocenters. The molecule has 0 amide bonds. The summed E-state index contributed by atoms with van der Waals surface area (Å²) in [5, 5.41) is 3.71. The van der Waals surface area contributed by atoms with Gasteiger partial charge in [-0.25, -0.2) is 4.39 Å². The molecule has 20 heavy (non-hydrogen) atoms. The Balaban J connectivity index is 1.87. The molecule has 2 aliphatic rings. The Morgan fingerprint density at radius 1 is 1.30 bits per heavy atom. The third-order valence-corrected chi connectivity index (χ3v) is 5.41. The quantitative estimate of drug-likeness (QED) is 0.827. The van der Waals surface area contributed by atoms with E-state index in [0.717, 1.165) is 24.8 Å². The monoisotopic (exact) mass is 275 g/mol. The normalized spacial score (nSPS) is 29.9. The van der Waals surface area contributed by atoms with Crippen LogP contribution < -0.4 is 5.32 Å². The van der Waals surface area contributed by atoms with Gasteiger partial charge in [0.1, 0.15) is 5.82 Å². The molecule has 110 valence electrons. The summed E-state index contributed by atoms with van der Waals surface area (Å²) in [7, 11) is 0. The first kappa shape index (κ1) is 14.1. The van der Waals surface area contributed by atoms with Gasteiger partial charge in [-0.1, -0.05) is 19.4 Å². The van der Waals surface area contributed by atoms with Crippen LogP contribution in [0.15, 0.2) is 18.2 Å². The molecule has 2 heteroatoms. The van der Waals surface area contributed by atoms with Gasteiger partial charge in [-0.3, -0.25) is 0 Å². The van der Waals surface area contributed by atoms with Crippen molar-refractivity contribution in [2.45, 2.75) is 52.0 Å². The van der Waals surface area contributed by atoms with Crippen molar-refractivity contribution in [2.24, 2.45) is 17.8 Å². The van der Waals surface area contributed by atoms with Crippen molar-refractivity contribution in [1.29, 1.82) is 0 Å². The van der Waals surface area contributed by atoms with Crippen LogP contribution in [0.4, 0.5) is 4.39 Å². The van der Waals surface area contributed by atoms with Crippen LogP contribution in [0.1, 0.15) is 56.2 Å². The maximum atomic E-state index is 13.7. The van der Waals surface area contributed by atoms with Gasteiger partial charge in [0, 0.05) is 6.04 Å². The van der Waals surface area contributed by atoms with E-state index in [1.165, 1.54) is 36.8 Å². The molecule has 1 nitrogen and oxygen atoms in total. The largest absolute Gasteiger partial charge is 0.310 e. The molecule has 0 aliphatic heterocycles. The molecule has 0 heterocycles. The van der Waals surface area contributed by atoms with Gasteiger partial charge in [0.05, 0.1) is 0 Å². The van der Waals surface area contributed by atoms with Crippen molar-refractivity contribution < 1.29 is 4.39 Å². The number of hydrogen-bond donors (Lipinski definition) is 1. The fourth-order valence-electron chi connectivity index (χ4n) is 4.44. The van der Waals surface area contributed by atoms with Crippen molar-refractivity contribution >= 4 is 0 Å².